The fourth-order valence-corrected chi connectivity index (χ4v) is 3.42. The van der Waals surface area contributed by atoms with Crippen LogP contribution in [0.4, 0.5) is 19.3 Å². The maximum atomic E-state index is 14.4. The molecule has 0 saturated heterocycles. The number of aliphatic carboxylic acids is 1. The van der Waals surface area contributed by atoms with Crippen molar-refractivity contribution in [2.45, 2.75) is 71.3 Å². The van der Waals surface area contributed by atoms with Crippen LogP contribution in [0.5, 0.6) is 5.75 Å². The molecule has 0 fully saturated rings. The number of hydrogen-bond acceptors (Lipinski definition) is 3. The molecule has 35 heavy (non-hydrogen) atoms. The second-order valence-corrected chi connectivity index (χ2v) is 8.69. The molecule has 0 bridgehead atoms. The van der Waals surface area contributed by atoms with E-state index in [9.17, 15) is 23.5 Å². The molecule has 2 aromatic rings. The summed E-state index contributed by atoms with van der Waals surface area (Å²) in [7, 11) is 0. The predicted molar refractivity (Wildman–Crippen MR) is 133 cm³/mol. The van der Waals surface area contributed by atoms with Crippen molar-refractivity contribution in [2.75, 3.05) is 18.4 Å². The molecule has 1 unspecified atom stereocenters. The van der Waals surface area contributed by atoms with Gasteiger partial charge in [-0.15, -0.1) is 0 Å². The van der Waals surface area contributed by atoms with E-state index in [1.807, 2.05) is 0 Å². The fraction of sp³-hybridized carbons (Fsp3) is 0.481. The highest BCUT2D eigenvalue weighted by molar-refractivity contribution is 5.89. The third kappa shape index (κ3) is 8.85. The molecule has 0 aliphatic heterocycles. The van der Waals surface area contributed by atoms with Gasteiger partial charge in [0, 0.05) is 19.1 Å². The molecule has 0 aromatic heterocycles. The van der Waals surface area contributed by atoms with Gasteiger partial charge in [0.1, 0.15) is 17.4 Å². The molecule has 0 spiro atoms. The second kappa shape index (κ2) is 13.7. The minimum Gasteiger partial charge on any atom is -0.478 e. The first-order valence-electron chi connectivity index (χ1n) is 13.0. The summed E-state index contributed by atoms with van der Waals surface area (Å²) in [6.07, 6.45) is 5.53. The van der Waals surface area contributed by atoms with Crippen molar-refractivity contribution < 1.29 is 31.0 Å². The van der Waals surface area contributed by atoms with E-state index in [1.165, 1.54) is 11.8 Å². The molecule has 0 radical (unpaired) electrons. The number of amides is 2. The summed E-state index contributed by atoms with van der Waals surface area (Å²) in [5.41, 5.74) is -0.955. The van der Waals surface area contributed by atoms with Gasteiger partial charge in [-0.2, -0.15) is 0 Å². The van der Waals surface area contributed by atoms with Gasteiger partial charge in [-0.1, -0.05) is 51.7 Å². The normalized spacial score (nSPS) is 13.4. The molecule has 0 saturated carbocycles. The molecule has 1 atom stereocenters. The molecule has 6 nitrogen and oxygen atoms in total. The lowest BCUT2D eigenvalue weighted by atomic mass is 10.0. The van der Waals surface area contributed by atoms with Gasteiger partial charge in [0.25, 0.3) is 0 Å². The average molecular weight is 495 g/mol. The lowest BCUT2D eigenvalue weighted by Gasteiger charge is -2.25. The van der Waals surface area contributed by atoms with Gasteiger partial charge >= 0.3 is 12.0 Å². The smallest absolute Gasteiger partial charge is 0.347 e. The van der Waals surface area contributed by atoms with E-state index < -0.39 is 41.0 Å². The van der Waals surface area contributed by atoms with Crippen LogP contribution in [0.15, 0.2) is 42.4 Å². The Morgan fingerprint density at radius 3 is 2.40 bits per heavy atom. The average Bonchev–Trinajstić information content (AvgIpc) is 2.89. The number of anilines is 1. The summed E-state index contributed by atoms with van der Waals surface area (Å²) in [4.78, 5) is 26.0. The number of unbranched alkanes of at least 4 members (excludes halogenated alkanes) is 4. The Kier molecular flexibility index (Phi) is 9.74. The van der Waals surface area contributed by atoms with Crippen LogP contribution in [0.2, 0.25) is 1.41 Å². The van der Waals surface area contributed by atoms with Gasteiger partial charge in [-0.3, -0.25) is 0 Å². The summed E-state index contributed by atoms with van der Waals surface area (Å²) in [5, 5.41) is 9.77. The van der Waals surface area contributed by atoms with Crippen LogP contribution in [0.3, 0.4) is 0 Å². The Balaban J connectivity index is 2.12. The molecule has 8 heteroatoms. The number of nitrogens with zero attached hydrogens (tertiary/aromatic N) is 1. The number of rotatable bonds is 14. The molecular formula is C27H36F2N2O4. The van der Waals surface area contributed by atoms with E-state index in [-0.39, 0.29) is 6.54 Å². The highest BCUT2D eigenvalue weighted by Gasteiger charge is 2.33. The van der Waals surface area contributed by atoms with E-state index in [4.69, 9.17) is 7.52 Å². The van der Waals surface area contributed by atoms with Crippen LogP contribution >= 0.6 is 0 Å². The van der Waals surface area contributed by atoms with E-state index in [1.54, 1.807) is 31.2 Å². The van der Waals surface area contributed by atoms with Crippen molar-refractivity contribution >= 4 is 17.7 Å². The first-order valence-corrected chi connectivity index (χ1v) is 12.1. The molecule has 192 valence electrons. The number of carbonyl (C=O) groups excluding carboxylic acids is 1. The number of urea groups is 1. The third-order valence-corrected chi connectivity index (χ3v) is 5.92. The number of nitrogens with one attached hydrogen (secondary N) is 1. The van der Waals surface area contributed by atoms with Crippen LogP contribution in [0.1, 0.15) is 66.2 Å². The number of ether oxygens (including phenoxy) is 1. The number of benzene rings is 2. The van der Waals surface area contributed by atoms with Crippen LogP contribution in [-0.2, 0) is 11.2 Å². The van der Waals surface area contributed by atoms with Gasteiger partial charge in [0.2, 0.25) is 5.60 Å². The summed E-state index contributed by atoms with van der Waals surface area (Å²) in [6, 6.07) is 6.99. The minimum atomic E-state index is -1.34. The minimum absolute atomic E-state index is 0.251. The lowest BCUT2D eigenvalue weighted by Crippen LogP contribution is -2.40. The van der Waals surface area contributed by atoms with E-state index in [2.05, 4.69) is 6.92 Å². The number of carbonyl (C=O) groups is 2. The Labute approximate surface area is 209 Å². The molecule has 0 aliphatic rings. The molecule has 0 aliphatic carbocycles. The monoisotopic (exact) mass is 494 g/mol. The van der Waals surface area contributed by atoms with Gasteiger partial charge < -0.3 is 20.1 Å². The van der Waals surface area contributed by atoms with Crippen molar-refractivity contribution in [3.8, 4) is 5.75 Å². The number of carboxylic acids is 1. The third-order valence-electron chi connectivity index (χ3n) is 5.92. The van der Waals surface area contributed by atoms with Gasteiger partial charge in [0.15, 0.2) is 1.41 Å². The van der Waals surface area contributed by atoms with Gasteiger partial charge in [-0.05, 0) is 56.0 Å². The lowest BCUT2D eigenvalue weighted by molar-refractivity contribution is -0.154. The van der Waals surface area contributed by atoms with Crippen LogP contribution < -0.4 is 10.0 Å². The van der Waals surface area contributed by atoms with Crippen LogP contribution in [0, 0.1) is 11.6 Å². The highest BCUT2D eigenvalue weighted by atomic mass is 19.1. The first-order chi connectivity index (χ1) is 17.5. The highest BCUT2D eigenvalue weighted by Crippen LogP contribution is 2.23. The zero-order valence-corrected chi connectivity index (χ0v) is 20.7. The molecule has 2 amide bonds. The topological polar surface area (TPSA) is 78.9 Å². The Morgan fingerprint density at radius 1 is 1.09 bits per heavy atom. The Morgan fingerprint density at radius 2 is 1.77 bits per heavy atom. The number of hydrogen-bond donors (Lipinski definition) is 2. The molecule has 2 rings (SSSR count). The standard InChI is InChI=1S/C27H36F2N2O4/c1-4-6-7-8-9-17-31(26(34)30-24-15-12-21(28)19-23(24)29)18-16-20-10-13-22(14-11-20)35-27(3,5-2)25(32)33/h10-15,19H,4-9,16-18H2,1-3H3,(H,30,34)(H,32,33)/i19T/hT. The molecular weight excluding hydrogens is 454 g/mol. The summed E-state index contributed by atoms with van der Waals surface area (Å²) >= 11 is 0. The second-order valence-electron chi connectivity index (χ2n) is 8.69. The summed E-state index contributed by atoms with van der Waals surface area (Å²) in [5.74, 6) is -2.97. The maximum Gasteiger partial charge on any atom is 0.347 e. The largest absolute Gasteiger partial charge is 0.478 e. The quantitative estimate of drug-likeness (QED) is 0.289. The van der Waals surface area contributed by atoms with Crippen molar-refractivity contribution in [3.05, 3.63) is 59.6 Å². The van der Waals surface area contributed by atoms with E-state index in [0.29, 0.717) is 36.9 Å². The van der Waals surface area contributed by atoms with Gasteiger partial charge in [0.05, 0.1) is 7.06 Å². The Bertz CT molecular complexity index is 1060. The van der Waals surface area contributed by atoms with E-state index in [0.717, 1.165) is 43.4 Å². The van der Waals surface area contributed by atoms with Crippen LogP contribution in [-0.4, -0.2) is 40.7 Å². The van der Waals surface area contributed by atoms with Crippen molar-refractivity contribution in [2.24, 2.45) is 0 Å². The van der Waals surface area contributed by atoms with Crippen molar-refractivity contribution in [1.82, 2.24) is 4.90 Å². The molecule has 0 heterocycles. The molecule has 2 N–H and O–H groups in total. The first kappa shape index (κ1) is 24.9. The van der Waals surface area contributed by atoms with Crippen molar-refractivity contribution in [3.63, 3.8) is 0 Å². The van der Waals surface area contributed by atoms with Gasteiger partial charge in [-0.25, -0.2) is 18.4 Å². The number of halogens is 2. The summed E-state index contributed by atoms with van der Waals surface area (Å²) in [6.45, 7) is 5.96. The van der Waals surface area contributed by atoms with E-state index >= 15 is 0 Å². The SMILES string of the molecule is [3H]c1c(F)ccc(N([3H])C(=O)N(CCCCCCC)CCc2ccc(OC(C)(CC)C(=O)O)cc2)c1F. The molecule has 2 aromatic carbocycles. The predicted octanol–water partition coefficient (Wildman–Crippen LogP) is 6.64. The summed E-state index contributed by atoms with van der Waals surface area (Å²) < 4.78 is 49.2. The number of carboxylic acid groups (broad SMARTS) is 1. The van der Waals surface area contributed by atoms with Crippen molar-refractivity contribution in [1.29, 1.82) is 0 Å². The Hall–Kier alpha value is -3.16. The van der Waals surface area contributed by atoms with Crippen LogP contribution in [0.25, 0.3) is 0 Å². The fourth-order valence-electron chi connectivity index (χ4n) is 3.42. The zero-order chi connectivity index (χ0) is 27.6. The maximum absolute atomic E-state index is 14.4. The zero-order valence-electron chi connectivity index (χ0n) is 22.7.